The fourth-order valence-electron chi connectivity index (χ4n) is 4.05. The summed E-state index contributed by atoms with van der Waals surface area (Å²) < 4.78 is 3.38. The lowest BCUT2D eigenvalue weighted by molar-refractivity contribution is 0.272. The van der Waals surface area contributed by atoms with Gasteiger partial charge in [-0.05, 0) is 62.7 Å². The number of hydrogen-bond donors (Lipinski definition) is 1. The zero-order valence-corrected chi connectivity index (χ0v) is 19.1. The molecule has 0 unspecified atom stereocenters. The summed E-state index contributed by atoms with van der Waals surface area (Å²) in [6, 6.07) is 18.5. The molecular formula is C23H24N6S2. The lowest BCUT2D eigenvalue weighted by Gasteiger charge is -2.29. The zero-order valence-electron chi connectivity index (χ0n) is 17.5. The van der Waals surface area contributed by atoms with Crippen molar-refractivity contribution < 1.29 is 0 Å². The molecule has 1 N–H and O–H groups in total. The van der Waals surface area contributed by atoms with Crippen LogP contribution >= 0.6 is 23.6 Å². The van der Waals surface area contributed by atoms with Crippen molar-refractivity contribution in [3.63, 3.8) is 0 Å². The fourth-order valence-corrected chi connectivity index (χ4v) is 5.35. The number of nitrogens with zero attached hydrogens (tertiary/aromatic N) is 5. The third kappa shape index (κ3) is 3.82. The van der Waals surface area contributed by atoms with Crippen LogP contribution < -0.4 is 5.32 Å². The van der Waals surface area contributed by atoms with Crippen LogP contribution in [-0.4, -0.2) is 56.6 Å². The van der Waals surface area contributed by atoms with Gasteiger partial charge in [0.2, 0.25) is 0 Å². The Hall–Kier alpha value is -2.81. The Morgan fingerprint density at radius 3 is 2.71 bits per heavy atom. The highest BCUT2D eigenvalue weighted by atomic mass is 32.1. The highest BCUT2D eigenvalue weighted by Gasteiger charge is 2.41. The van der Waals surface area contributed by atoms with Gasteiger partial charge in [-0.15, -0.1) is 0 Å². The maximum atomic E-state index is 5.78. The molecule has 3 aromatic heterocycles. The minimum atomic E-state index is -0.0288. The number of pyridine rings is 1. The second kappa shape index (κ2) is 8.37. The molecule has 0 aliphatic carbocycles. The van der Waals surface area contributed by atoms with Crippen molar-refractivity contribution in [1.82, 2.24) is 29.7 Å². The molecular weight excluding hydrogens is 424 g/mol. The van der Waals surface area contributed by atoms with Crippen molar-refractivity contribution in [3.05, 3.63) is 78.4 Å². The number of thiazole rings is 1. The summed E-state index contributed by atoms with van der Waals surface area (Å²) in [4.78, 5) is 14.0. The maximum absolute atomic E-state index is 5.78. The van der Waals surface area contributed by atoms with E-state index in [-0.39, 0.29) is 12.1 Å². The first-order valence-corrected chi connectivity index (χ1v) is 11.5. The predicted molar refractivity (Wildman–Crippen MR) is 130 cm³/mol. The minimum Gasteiger partial charge on any atom is -0.352 e. The molecule has 4 heterocycles. The van der Waals surface area contributed by atoms with Crippen LogP contribution in [0.15, 0.2) is 67.0 Å². The number of nitrogens with one attached hydrogen (secondary N) is 1. The molecule has 1 aromatic carbocycles. The van der Waals surface area contributed by atoms with Crippen molar-refractivity contribution in [2.75, 3.05) is 27.2 Å². The van der Waals surface area contributed by atoms with Gasteiger partial charge in [-0.25, -0.2) is 4.98 Å². The van der Waals surface area contributed by atoms with Crippen LogP contribution in [0.25, 0.3) is 15.3 Å². The monoisotopic (exact) mass is 448 g/mol. The fraction of sp³-hybridized carbons (Fsp3) is 0.261. The lowest BCUT2D eigenvalue weighted by Crippen LogP contribution is -2.36. The first-order chi connectivity index (χ1) is 15.1. The molecule has 6 nitrogen and oxygen atoms in total. The smallest absolute Gasteiger partial charge is 0.194 e. The standard InChI is InChI=1S/C23H24N6S2/c1-27(2)14-15-29-21(20(26-22(29)30)17-9-5-6-12-24-17)18-10-7-13-28(18)23-25-16-8-3-4-11-19(16)31-23/h3-13,20-21H,14-15H2,1-2H3,(H,26,30)/t20-,21-/m1/s1. The largest absolute Gasteiger partial charge is 0.352 e. The number of hydrogen-bond acceptors (Lipinski definition) is 5. The number of thiocarbonyl (C=S) groups is 1. The number of fused-ring (bicyclic) bond motifs is 1. The van der Waals surface area contributed by atoms with E-state index < -0.39 is 0 Å². The van der Waals surface area contributed by atoms with E-state index in [4.69, 9.17) is 17.2 Å². The highest BCUT2D eigenvalue weighted by Crippen LogP contribution is 2.40. The number of likely N-dealkylation sites (N-methyl/N-ethyl adjacent to an activating group) is 1. The summed E-state index contributed by atoms with van der Waals surface area (Å²) in [6.07, 6.45) is 3.93. The van der Waals surface area contributed by atoms with Gasteiger partial charge in [-0.1, -0.05) is 29.5 Å². The third-order valence-corrected chi connectivity index (χ3v) is 6.95. The Bertz CT molecular complexity index is 1170. The van der Waals surface area contributed by atoms with E-state index in [1.54, 1.807) is 11.3 Å². The molecule has 4 aromatic rings. The molecule has 0 spiro atoms. The molecule has 0 bridgehead atoms. The van der Waals surface area contributed by atoms with Gasteiger partial charge in [0.05, 0.1) is 33.7 Å². The molecule has 1 aliphatic heterocycles. The number of aromatic nitrogens is 3. The van der Waals surface area contributed by atoms with Crippen LogP contribution in [0.5, 0.6) is 0 Å². The Kier molecular flexibility index (Phi) is 5.43. The summed E-state index contributed by atoms with van der Waals surface area (Å²) in [5.74, 6) is 0. The average molecular weight is 449 g/mol. The van der Waals surface area contributed by atoms with E-state index in [2.05, 4.69) is 81.4 Å². The number of para-hydroxylation sites is 1. The predicted octanol–water partition coefficient (Wildman–Crippen LogP) is 4.02. The molecule has 1 saturated heterocycles. The van der Waals surface area contributed by atoms with Crippen LogP contribution in [0.3, 0.4) is 0 Å². The Morgan fingerprint density at radius 1 is 1.10 bits per heavy atom. The minimum absolute atomic E-state index is 0.0179. The molecule has 0 radical (unpaired) electrons. The van der Waals surface area contributed by atoms with E-state index in [0.717, 1.165) is 40.2 Å². The molecule has 158 valence electrons. The third-order valence-electron chi connectivity index (χ3n) is 5.56. The first kappa shape index (κ1) is 20.1. The van der Waals surface area contributed by atoms with Crippen LogP contribution in [0.2, 0.25) is 0 Å². The Labute approximate surface area is 191 Å². The van der Waals surface area contributed by atoms with Gasteiger partial charge in [0.1, 0.15) is 0 Å². The summed E-state index contributed by atoms with van der Waals surface area (Å²) in [5.41, 5.74) is 3.16. The van der Waals surface area contributed by atoms with Crippen molar-refractivity contribution >= 4 is 38.9 Å². The van der Waals surface area contributed by atoms with Gasteiger partial charge in [0.25, 0.3) is 0 Å². The molecule has 8 heteroatoms. The van der Waals surface area contributed by atoms with Gasteiger partial charge in [-0.3, -0.25) is 9.55 Å². The Balaban J connectivity index is 1.59. The van der Waals surface area contributed by atoms with Crippen molar-refractivity contribution in [2.24, 2.45) is 0 Å². The van der Waals surface area contributed by atoms with E-state index in [1.807, 2.05) is 24.4 Å². The van der Waals surface area contributed by atoms with Crippen LogP contribution in [0.1, 0.15) is 23.5 Å². The summed E-state index contributed by atoms with van der Waals surface area (Å²) in [7, 11) is 4.17. The quantitative estimate of drug-likeness (QED) is 0.450. The molecule has 1 fully saturated rings. The molecule has 1 aliphatic rings. The topological polar surface area (TPSA) is 49.2 Å². The molecule has 0 amide bonds. The SMILES string of the molecule is CN(C)CCN1C(=S)N[C@H](c2ccccn2)[C@H]1c1cccn1-c1nc2ccccc2s1. The zero-order chi connectivity index (χ0) is 21.4. The summed E-state index contributed by atoms with van der Waals surface area (Å²) in [5, 5.41) is 5.26. The average Bonchev–Trinajstić information content (AvgIpc) is 3.48. The summed E-state index contributed by atoms with van der Waals surface area (Å²) in [6.45, 7) is 1.74. The maximum Gasteiger partial charge on any atom is 0.194 e. The van der Waals surface area contributed by atoms with E-state index >= 15 is 0 Å². The summed E-state index contributed by atoms with van der Waals surface area (Å²) >= 11 is 7.48. The van der Waals surface area contributed by atoms with Crippen molar-refractivity contribution in [3.8, 4) is 5.13 Å². The first-order valence-electron chi connectivity index (χ1n) is 10.3. The normalized spacial score (nSPS) is 18.8. The van der Waals surface area contributed by atoms with Crippen LogP contribution in [0, 0.1) is 0 Å². The van der Waals surface area contributed by atoms with Gasteiger partial charge in [0.15, 0.2) is 10.2 Å². The number of rotatable bonds is 6. The number of benzene rings is 1. The van der Waals surface area contributed by atoms with Crippen LogP contribution in [-0.2, 0) is 0 Å². The van der Waals surface area contributed by atoms with Crippen LogP contribution in [0.4, 0.5) is 0 Å². The molecule has 0 saturated carbocycles. The second-order valence-corrected chi connectivity index (χ2v) is 9.29. The Morgan fingerprint density at radius 2 is 1.94 bits per heavy atom. The lowest BCUT2D eigenvalue weighted by atomic mass is 10.0. The second-order valence-electron chi connectivity index (χ2n) is 7.89. The molecule has 2 atom stereocenters. The van der Waals surface area contributed by atoms with E-state index in [0.29, 0.717) is 0 Å². The van der Waals surface area contributed by atoms with Gasteiger partial charge >= 0.3 is 0 Å². The molecule has 31 heavy (non-hydrogen) atoms. The van der Waals surface area contributed by atoms with Gasteiger partial charge in [0, 0.05) is 25.5 Å². The van der Waals surface area contributed by atoms with E-state index in [9.17, 15) is 0 Å². The van der Waals surface area contributed by atoms with Gasteiger partial charge < -0.3 is 15.1 Å². The molecule has 5 rings (SSSR count). The van der Waals surface area contributed by atoms with E-state index in [1.165, 1.54) is 4.70 Å². The van der Waals surface area contributed by atoms with Crippen molar-refractivity contribution in [2.45, 2.75) is 12.1 Å². The van der Waals surface area contributed by atoms with Crippen molar-refractivity contribution in [1.29, 1.82) is 0 Å². The van der Waals surface area contributed by atoms with Gasteiger partial charge in [-0.2, -0.15) is 0 Å². The highest BCUT2D eigenvalue weighted by molar-refractivity contribution is 7.80.